The summed E-state index contributed by atoms with van der Waals surface area (Å²) >= 11 is 0. The fourth-order valence-corrected chi connectivity index (χ4v) is 9.33. The van der Waals surface area contributed by atoms with Gasteiger partial charge in [0.25, 0.3) is 5.67 Å². The number of aromatic nitrogens is 4. The number of carbonyl (C=O) groups is 4. The third kappa shape index (κ3) is 9.54. The van der Waals surface area contributed by atoms with Gasteiger partial charge < -0.3 is 43.6 Å². The zero-order chi connectivity index (χ0) is 43.4. The molecule has 0 aromatic carbocycles. The van der Waals surface area contributed by atoms with Gasteiger partial charge in [0.2, 0.25) is 0 Å². The highest BCUT2D eigenvalue weighted by molar-refractivity contribution is 6.08. The van der Waals surface area contributed by atoms with E-state index in [0.717, 1.165) is 18.2 Å². The number of ether oxygens (including phenoxy) is 5. The fraction of sp³-hybridized carbons (Fsp3) is 0.738. The molecule has 5 heterocycles. The number of carbonyl (C=O) groups excluding carboxylic acids is 4. The highest BCUT2D eigenvalue weighted by Gasteiger charge is 2.61. The van der Waals surface area contributed by atoms with Gasteiger partial charge in [0.15, 0.2) is 17.7 Å². The second-order valence-electron chi connectivity index (χ2n) is 17.1. The van der Waals surface area contributed by atoms with Crippen LogP contribution >= 0.6 is 0 Å². The van der Waals surface area contributed by atoms with Crippen molar-refractivity contribution in [2.45, 2.75) is 161 Å². The van der Waals surface area contributed by atoms with Crippen LogP contribution in [0.5, 0.6) is 0 Å². The van der Waals surface area contributed by atoms with Crippen molar-refractivity contribution >= 4 is 23.6 Å². The second kappa shape index (κ2) is 18.8. The molecular weight excluding hydrogens is 767 g/mol. The van der Waals surface area contributed by atoms with E-state index in [2.05, 4.69) is 20.3 Å². The van der Waals surface area contributed by atoms with E-state index in [1.165, 1.54) is 25.3 Å². The molecule has 0 bridgehead atoms. The van der Waals surface area contributed by atoms with Crippen molar-refractivity contribution in [3.8, 4) is 11.3 Å². The van der Waals surface area contributed by atoms with Gasteiger partial charge in [-0.3, -0.25) is 9.59 Å². The first-order chi connectivity index (χ1) is 27.8. The number of cyclic esters (lactones) is 1. The third-order valence-corrected chi connectivity index (χ3v) is 12.6. The van der Waals surface area contributed by atoms with Gasteiger partial charge in [-0.15, -0.1) is 0 Å². The van der Waals surface area contributed by atoms with E-state index in [0.29, 0.717) is 32.4 Å². The quantitative estimate of drug-likeness (QED) is 0.173. The number of hydrogen-bond acceptors (Lipinski definition) is 14. The lowest BCUT2D eigenvalue weighted by Gasteiger charge is -2.46. The Morgan fingerprint density at radius 3 is 2.34 bits per heavy atom. The minimum absolute atomic E-state index is 0.00510. The number of nitrogens with one attached hydrogen (secondary N) is 1. The highest BCUT2D eigenvalue weighted by Crippen LogP contribution is 2.43. The Morgan fingerprint density at radius 2 is 1.69 bits per heavy atom. The van der Waals surface area contributed by atoms with Crippen molar-refractivity contribution in [2.24, 2.45) is 17.8 Å². The maximum absolute atomic E-state index is 16.9. The third-order valence-electron chi connectivity index (χ3n) is 12.6. The van der Waals surface area contributed by atoms with Gasteiger partial charge >= 0.3 is 12.1 Å². The van der Waals surface area contributed by atoms with Crippen molar-refractivity contribution in [3.05, 3.63) is 31.2 Å². The number of amides is 1. The highest BCUT2D eigenvalue weighted by atomic mass is 19.1. The largest absolute Gasteiger partial charge is 0.455 e. The normalized spacial score (nSPS) is 37.5. The van der Waals surface area contributed by atoms with Gasteiger partial charge in [-0.1, -0.05) is 34.6 Å². The number of rotatable bonds is 12. The molecule has 5 rings (SSSR count). The number of aliphatic hydroxyl groups is 1. The molecule has 2 aromatic rings. The SMILES string of the molecule is CCN[C@H]1C[C@@H](C)O[C@@H](O[C@@H]2[C@@H](C)C(=O)[C@](C)(F)C(=O)O[C@H](CC)[C@@]3(C)OC(=O)N(CCCCn4cnc(-c5cncnc5)c4)C3[C@@H](C)C(=O)[C@H](C)C[C@@]2(C)OC)[C@H]1O. The van der Waals surface area contributed by atoms with E-state index >= 15 is 4.39 Å². The van der Waals surface area contributed by atoms with E-state index in [9.17, 15) is 24.3 Å². The molecule has 3 aliphatic rings. The number of likely N-dealkylation sites (N-methyl/N-ethyl adjacent to an activating group) is 1. The predicted octanol–water partition coefficient (Wildman–Crippen LogP) is 4.46. The summed E-state index contributed by atoms with van der Waals surface area (Å²) in [5, 5.41) is 14.6. The maximum atomic E-state index is 16.9. The van der Waals surface area contributed by atoms with Gasteiger partial charge in [0.1, 0.15) is 24.3 Å². The molecular formula is C42H63FN6O10. The smallest absolute Gasteiger partial charge is 0.410 e. The molecule has 17 heteroatoms. The fourth-order valence-electron chi connectivity index (χ4n) is 9.33. The maximum Gasteiger partial charge on any atom is 0.410 e. The number of hydrogen-bond donors (Lipinski definition) is 2. The van der Waals surface area contributed by atoms with Crippen molar-refractivity contribution < 1.29 is 52.4 Å². The zero-order valence-corrected chi connectivity index (χ0v) is 36.1. The van der Waals surface area contributed by atoms with Gasteiger partial charge in [-0.2, -0.15) is 0 Å². The van der Waals surface area contributed by atoms with Gasteiger partial charge in [0, 0.05) is 68.1 Å². The van der Waals surface area contributed by atoms with Crippen molar-refractivity contribution in [1.29, 1.82) is 0 Å². The van der Waals surface area contributed by atoms with E-state index in [4.69, 9.17) is 23.7 Å². The van der Waals surface area contributed by atoms with Crippen molar-refractivity contribution in [1.82, 2.24) is 29.7 Å². The van der Waals surface area contributed by atoms with Crippen LogP contribution in [0.1, 0.15) is 94.4 Å². The number of nitrogens with zero attached hydrogens (tertiary/aromatic N) is 5. The number of alkyl halides is 1. The molecule has 13 atom stereocenters. The summed E-state index contributed by atoms with van der Waals surface area (Å²) < 4.78 is 49.3. The molecule has 3 fully saturated rings. The number of esters is 1. The topological polar surface area (TPSA) is 194 Å². The molecule has 16 nitrogen and oxygen atoms in total. The van der Waals surface area contributed by atoms with E-state index in [1.54, 1.807) is 53.3 Å². The molecule has 0 aliphatic carbocycles. The lowest BCUT2D eigenvalue weighted by Crippen LogP contribution is -2.62. The first-order valence-corrected chi connectivity index (χ1v) is 20.8. The summed E-state index contributed by atoms with van der Waals surface area (Å²) in [6.07, 6.45) is 4.14. The molecule has 3 aliphatic heterocycles. The number of fused-ring (bicyclic) bond motifs is 1. The monoisotopic (exact) mass is 830 g/mol. The summed E-state index contributed by atoms with van der Waals surface area (Å²) in [7, 11) is 1.40. The Labute approximate surface area is 346 Å². The number of imidazole rings is 1. The van der Waals surface area contributed by atoms with Crippen LogP contribution in [0.4, 0.5) is 9.18 Å². The molecule has 1 amide bonds. The predicted molar refractivity (Wildman–Crippen MR) is 212 cm³/mol. The zero-order valence-electron chi connectivity index (χ0n) is 36.1. The van der Waals surface area contributed by atoms with Crippen molar-refractivity contribution in [2.75, 3.05) is 20.2 Å². The molecule has 2 N–H and O–H groups in total. The molecule has 0 spiro atoms. The van der Waals surface area contributed by atoms with Crippen molar-refractivity contribution in [3.63, 3.8) is 0 Å². The number of aryl methyl sites for hydroxylation is 1. The number of aliphatic hydroxyl groups excluding tert-OH is 1. The number of unbranched alkanes of at least 4 members (excludes halogenated alkanes) is 1. The van der Waals surface area contributed by atoms with Crippen LogP contribution in [-0.4, -0.2) is 133 Å². The average Bonchev–Trinajstić information content (AvgIpc) is 3.79. The number of halogens is 1. The number of methoxy groups -OCH3 is 1. The summed E-state index contributed by atoms with van der Waals surface area (Å²) in [6.45, 7) is 15.8. The molecule has 3 saturated heterocycles. The van der Waals surface area contributed by atoms with E-state index in [1.807, 2.05) is 24.6 Å². The summed E-state index contributed by atoms with van der Waals surface area (Å²) in [5.74, 6) is -5.81. The Hall–Kier alpha value is -3.90. The van der Waals surface area contributed by atoms with Gasteiger partial charge in [-0.25, -0.2) is 28.9 Å². The molecule has 1 unspecified atom stereocenters. The lowest BCUT2D eigenvalue weighted by molar-refractivity contribution is -0.290. The minimum atomic E-state index is -3.18. The lowest BCUT2D eigenvalue weighted by atomic mass is 9.73. The first-order valence-electron chi connectivity index (χ1n) is 20.8. The van der Waals surface area contributed by atoms with Gasteiger partial charge in [-0.05, 0) is 66.3 Å². The number of ketones is 2. The number of Topliss-reactive ketones (excluding diaryl/α,β-unsaturated/α-hetero) is 2. The molecule has 328 valence electrons. The Bertz CT molecular complexity index is 1780. The van der Waals surface area contributed by atoms with E-state index < -0.39 is 89.2 Å². The van der Waals surface area contributed by atoms with Crippen LogP contribution in [0.3, 0.4) is 0 Å². The molecule has 0 saturated carbocycles. The standard InChI is InChI=1S/C42H63FN6O10/c1-11-31-42(9)34(49(39(54)59-42)16-14-13-15-48-21-30(47-23-48)28-19-44-22-45-20-28)26(5)32(50)24(3)18-40(7,55-10)36(27(6)35(52)41(8,43)38(53)57-31)58-37-33(51)29(46-12-2)17-25(4)56-37/h19-27,29,31,33-34,36-37,46,51H,11-18H2,1-10H3/t24-,25-,26+,27+,29+,31-,33+,34?,36-,37+,40-,41+,42-/m1/s1. The Kier molecular flexibility index (Phi) is 14.7. The molecule has 2 aromatic heterocycles. The average molecular weight is 831 g/mol. The van der Waals surface area contributed by atoms with Crippen LogP contribution < -0.4 is 5.32 Å². The van der Waals surface area contributed by atoms with Crippen LogP contribution in [0.2, 0.25) is 0 Å². The second-order valence-corrected chi connectivity index (χ2v) is 17.1. The van der Waals surface area contributed by atoms with Crippen LogP contribution in [0.25, 0.3) is 11.3 Å². The van der Waals surface area contributed by atoms with Gasteiger partial charge in [0.05, 0.1) is 35.9 Å². The molecule has 59 heavy (non-hydrogen) atoms. The van der Waals surface area contributed by atoms with Crippen LogP contribution in [0.15, 0.2) is 31.2 Å². The Morgan fingerprint density at radius 1 is 1.02 bits per heavy atom. The summed E-state index contributed by atoms with van der Waals surface area (Å²) in [6, 6.07) is -1.33. The van der Waals surface area contributed by atoms with Crippen LogP contribution in [-0.2, 0) is 44.6 Å². The summed E-state index contributed by atoms with van der Waals surface area (Å²) in [5.41, 5.74) is -4.72. The Balaban J connectivity index is 1.45. The minimum Gasteiger partial charge on any atom is -0.455 e. The van der Waals surface area contributed by atoms with Crippen LogP contribution in [0, 0.1) is 17.8 Å². The van der Waals surface area contributed by atoms with E-state index in [-0.39, 0.29) is 31.3 Å². The molecule has 0 radical (unpaired) electrons. The first kappa shape index (κ1) is 46.2. The summed E-state index contributed by atoms with van der Waals surface area (Å²) in [4.78, 5) is 70.7.